The van der Waals surface area contributed by atoms with Gasteiger partial charge in [0.25, 0.3) is 5.56 Å². The summed E-state index contributed by atoms with van der Waals surface area (Å²) >= 11 is 1.63. The number of fused-ring (bicyclic) bond motifs is 1. The van der Waals surface area contributed by atoms with Gasteiger partial charge in [0.1, 0.15) is 0 Å². The molecule has 1 aliphatic rings. The molecule has 0 spiro atoms. The molecule has 1 aliphatic heterocycles. The van der Waals surface area contributed by atoms with Crippen LogP contribution in [0.15, 0.2) is 51.2 Å². The van der Waals surface area contributed by atoms with Crippen LogP contribution in [0.4, 0.5) is 5.69 Å². The van der Waals surface area contributed by atoms with Crippen molar-refractivity contribution in [3.63, 3.8) is 0 Å². The van der Waals surface area contributed by atoms with Crippen LogP contribution in [0.5, 0.6) is 0 Å². The maximum absolute atomic E-state index is 11.6. The fraction of sp³-hybridized carbons (Fsp3) is 0.0833. The summed E-state index contributed by atoms with van der Waals surface area (Å²) in [5.74, 6) is 0. The number of thioether (sulfide) groups is 1. The normalized spacial score (nSPS) is 17.8. The SMILES string of the molecule is O=c1[nH]nccc1C1C=Nc2ccccc2S1. The summed E-state index contributed by atoms with van der Waals surface area (Å²) in [6.07, 6.45) is 3.39. The molecule has 2 heterocycles. The van der Waals surface area contributed by atoms with E-state index in [2.05, 4.69) is 15.2 Å². The Bertz CT molecular complexity index is 635. The molecule has 1 aromatic heterocycles. The smallest absolute Gasteiger partial charge is 0.268 e. The van der Waals surface area contributed by atoms with E-state index >= 15 is 0 Å². The standard InChI is InChI=1S/C12H9N3OS/c16-12-8(5-6-14-15-12)11-7-13-9-3-1-2-4-10(9)17-11/h1-7,11H,(H,15,16). The third kappa shape index (κ3) is 1.89. The third-order valence-electron chi connectivity index (χ3n) is 2.53. The topological polar surface area (TPSA) is 58.1 Å². The van der Waals surface area contributed by atoms with Gasteiger partial charge in [0.15, 0.2) is 0 Å². The Labute approximate surface area is 102 Å². The lowest BCUT2D eigenvalue weighted by Crippen LogP contribution is -2.16. The summed E-state index contributed by atoms with van der Waals surface area (Å²) < 4.78 is 0. The van der Waals surface area contributed by atoms with E-state index in [-0.39, 0.29) is 10.8 Å². The Morgan fingerprint density at radius 1 is 1.24 bits per heavy atom. The average molecular weight is 243 g/mol. The van der Waals surface area contributed by atoms with Crippen LogP contribution in [0.3, 0.4) is 0 Å². The Balaban J connectivity index is 2.01. The molecule has 0 saturated carbocycles. The molecule has 0 amide bonds. The van der Waals surface area contributed by atoms with Crippen molar-refractivity contribution >= 4 is 23.7 Å². The number of aliphatic imine (C=N–C) groups is 1. The van der Waals surface area contributed by atoms with Crippen LogP contribution < -0.4 is 5.56 Å². The summed E-state index contributed by atoms with van der Waals surface area (Å²) in [6, 6.07) is 9.64. The van der Waals surface area contributed by atoms with E-state index in [1.165, 1.54) is 0 Å². The predicted octanol–water partition coefficient (Wildman–Crippen LogP) is 2.32. The molecule has 17 heavy (non-hydrogen) atoms. The summed E-state index contributed by atoms with van der Waals surface area (Å²) in [5.41, 5.74) is 1.48. The summed E-state index contributed by atoms with van der Waals surface area (Å²) in [7, 11) is 0. The van der Waals surface area contributed by atoms with Crippen molar-refractivity contribution in [1.29, 1.82) is 0 Å². The van der Waals surface area contributed by atoms with Gasteiger partial charge >= 0.3 is 0 Å². The fourth-order valence-electron chi connectivity index (χ4n) is 1.70. The first kappa shape index (κ1) is 10.3. The molecule has 0 saturated heterocycles. The minimum absolute atomic E-state index is 0.0448. The monoisotopic (exact) mass is 243 g/mol. The van der Waals surface area contributed by atoms with E-state index in [9.17, 15) is 4.79 Å². The second-order valence-electron chi connectivity index (χ2n) is 3.63. The second-order valence-corrected chi connectivity index (χ2v) is 4.81. The molecule has 1 unspecified atom stereocenters. The van der Waals surface area contributed by atoms with Gasteiger partial charge in [-0.15, -0.1) is 11.8 Å². The zero-order valence-corrected chi connectivity index (χ0v) is 9.65. The summed E-state index contributed by atoms with van der Waals surface area (Å²) in [6.45, 7) is 0. The molecule has 1 N–H and O–H groups in total. The number of hydrogen-bond acceptors (Lipinski definition) is 4. The molecule has 1 atom stereocenters. The molecule has 0 radical (unpaired) electrons. The van der Waals surface area contributed by atoms with Crippen LogP contribution in [-0.4, -0.2) is 16.4 Å². The van der Waals surface area contributed by atoms with E-state index in [0.717, 1.165) is 10.6 Å². The van der Waals surface area contributed by atoms with Gasteiger partial charge in [-0.2, -0.15) is 5.10 Å². The van der Waals surface area contributed by atoms with Gasteiger partial charge in [0.2, 0.25) is 0 Å². The molecule has 1 aromatic carbocycles. The van der Waals surface area contributed by atoms with Crippen LogP contribution in [0, 0.1) is 0 Å². The Hall–Kier alpha value is -1.88. The molecule has 3 rings (SSSR count). The van der Waals surface area contributed by atoms with E-state index in [1.807, 2.05) is 24.3 Å². The zero-order chi connectivity index (χ0) is 11.7. The number of aromatic nitrogens is 2. The highest BCUT2D eigenvalue weighted by atomic mass is 32.2. The Kier molecular flexibility index (Phi) is 2.53. The van der Waals surface area contributed by atoms with Crippen molar-refractivity contribution in [3.05, 3.63) is 52.4 Å². The first-order chi connectivity index (χ1) is 8.34. The molecule has 0 bridgehead atoms. The van der Waals surface area contributed by atoms with Crippen molar-refractivity contribution < 1.29 is 0 Å². The average Bonchev–Trinajstić information content (AvgIpc) is 2.39. The van der Waals surface area contributed by atoms with Crippen LogP contribution in [0.1, 0.15) is 10.8 Å². The highest BCUT2D eigenvalue weighted by Gasteiger charge is 2.19. The minimum atomic E-state index is -0.157. The van der Waals surface area contributed by atoms with Crippen molar-refractivity contribution in [2.45, 2.75) is 10.1 Å². The maximum Gasteiger partial charge on any atom is 0.268 e. The zero-order valence-electron chi connectivity index (χ0n) is 8.83. The minimum Gasteiger partial charge on any atom is -0.268 e. The summed E-state index contributed by atoms with van der Waals surface area (Å²) in [4.78, 5) is 17.1. The Morgan fingerprint density at radius 2 is 2.12 bits per heavy atom. The van der Waals surface area contributed by atoms with Crippen molar-refractivity contribution in [1.82, 2.24) is 10.2 Å². The van der Waals surface area contributed by atoms with Crippen LogP contribution in [0.2, 0.25) is 0 Å². The van der Waals surface area contributed by atoms with Crippen molar-refractivity contribution in [2.24, 2.45) is 4.99 Å². The predicted molar refractivity (Wildman–Crippen MR) is 68.0 cm³/mol. The number of nitrogens with one attached hydrogen (secondary N) is 1. The number of H-pyrrole nitrogens is 1. The fourth-order valence-corrected chi connectivity index (χ4v) is 2.81. The lowest BCUT2D eigenvalue weighted by atomic mass is 10.2. The molecular formula is C12H9N3OS. The van der Waals surface area contributed by atoms with Crippen LogP contribution in [0.25, 0.3) is 0 Å². The molecule has 5 heteroatoms. The van der Waals surface area contributed by atoms with Gasteiger partial charge in [-0.25, -0.2) is 5.10 Å². The number of nitrogens with zero attached hydrogens (tertiary/aromatic N) is 2. The van der Waals surface area contributed by atoms with Crippen LogP contribution >= 0.6 is 11.8 Å². The molecule has 0 fully saturated rings. The first-order valence-corrected chi connectivity index (χ1v) is 6.06. The highest BCUT2D eigenvalue weighted by molar-refractivity contribution is 8.00. The quantitative estimate of drug-likeness (QED) is 0.836. The van der Waals surface area contributed by atoms with Gasteiger partial charge in [0.05, 0.1) is 10.9 Å². The molecule has 4 nitrogen and oxygen atoms in total. The first-order valence-electron chi connectivity index (χ1n) is 5.18. The lowest BCUT2D eigenvalue weighted by Gasteiger charge is -2.16. The highest BCUT2D eigenvalue weighted by Crippen LogP contribution is 2.41. The van der Waals surface area contributed by atoms with E-state index in [4.69, 9.17) is 0 Å². The maximum atomic E-state index is 11.6. The number of rotatable bonds is 1. The Morgan fingerprint density at radius 3 is 3.00 bits per heavy atom. The van der Waals surface area contributed by atoms with Crippen molar-refractivity contribution in [2.75, 3.05) is 0 Å². The second kappa shape index (κ2) is 4.18. The molecule has 2 aromatic rings. The number of para-hydroxylation sites is 1. The van der Waals surface area contributed by atoms with E-state index < -0.39 is 0 Å². The molecular weight excluding hydrogens is 234 g/mol. The van der Waals surface area contributed by atoms with Gasteiger partial charge in [-0.05, 0) is 18.2 Å². The van der Waals surface area contributed by atoms with E-state index in [1.54, 1.807) is 30.2 Å². The number of benzene rings is 1. The molecule has 84 valence electrons. The third-order valence-corrected chi connectivity index (χ3v) is 3.76. The number of aromatic amines is 1. The largest absolute Gasteiger partial charge is 0.268 e. The van der Waals surface area contributed by atoms with Gasteiger partial charge < -0.3 is 0 Å². The van der Waals surface area contributed by atoms with Gasteiger partial charge in [-0.1, -0.05) is 12.1 Å². The number of hydrogen-bond donors (Lipinski definition) is 1. The van der Waals surface area contributed by atoms with Crippen LogP contribution in [-0.2, 0) is 0 Å². The lowest BCUT2D eigenvalue weighted by molar-refractivity contribution is 0.957. The molecule has 0 aliphatic carbocycles. The summed E-state index contributed by atoms with van der Waals surface area (Å²) in [5, 5.41) is 6.09. The van der Waals surface area contributed by atoms with Gasteiger partial charge in [-0.3, -0.25) is 9.79 Å². The van der Waals surface area contributed by atoms with Crippen molar-refractivity contribution in [3.8, 4) is 0 Å². The van der Waals surface area contributed by atoms with Gasteiger partial charge in [0, 0.05) is 22.9 Å². The van der Waals surface area contributed by atoms with E-state index in [0.29, 0.717) is 5.56 Å².